The maximum absolute atomic E-state index is 13.3. The largest absolute Gasteiger partial charge is 0.461 e. The molecule has 0 saturated heterocycles. The normalized spacial score (nSPS) is 11.7. The van der Waals surface area contributed by atoms with Gasteiger partial charge < -0.3 is 9.47 Å². The molecule has 0 spiro atoms. The zero-order valence-electron chi connectivity index (χ0n) is 9.26. The van der Waals surface area contributed by atoms with Crippen LogP contribution >= 0.6 is 15.9 Å². The average Bonchev–Trinajstić information content (AvgIpc) is 2.31. The molecule has 0 aliphatic carbocycles. The predicted molar refractivity (Wildman–Crippen MR) is 63.0 cm³/mol. The number of nitrogens with zero attached hydrogens (tertiary/aromatic N) is 1. The van der Waals surface area contributed by atoms with Gasteiger partial charge in [-0.05, 0) is 19.1 Å². The smallest absolute Gasteiger partial charge is 0.381 e. The SMILES string of the molecule is CCOC(=O)C(F)Oc1ccc(Br)cc1[N+](=O)[O-]. The van der Waals surface area contributed by atoms with Crippen molar-refractivity contribution in [1.29, 1.82) is 0 Å². The lowest BCUT2D eigenvalue weighted by Crippen LogP contribution is -2.25. The molecule has 1 aromatic rings. The average molecular weight is 322 g/mol. The predicted octanol–water partition coefficient (Wildman–Crippen LogP) is 2.59. The Bertz CT molecular complexity index is 468. The third-order valence-corrected chi connectivity index (χ3v) is 2.31. The van der Waals surface area contributed by atoms with Crippen molar-refractivity contribution >= 4 is 27.6 Å². The van der Waals surface area contributed by atoms with Gasteiger partial charge in [0.05, 0.1) is 11.5 Å². The van der Waals surface area contributed by atoms with Crippen LogP contribution in [-0.2, 0) is 9.53 Å². The third kappa shape index (κ3) is 3.66. The summed E-state index contributed by atoms with van der Waals surface area (Å²) in [6.45, 7) is 1.50. The lowest BCUT2D eigenvalue weighted by molar-refractivity contribution is -0.386. The van der Waals surface area contributed by atoms with Crippen molar-refractivity contribution in [3.63, 3.8) is 0 Å². The van der Waals surface area contributed by atoms with E-state index in [0.717, 1.165) is 6.07 Å². The Morgan fingerprint density at radius 1 is 1.61 bits per heavy atom. The third-order valence-electron chi connectivity index (χ3n) is 1.82. The summed E-state index contributed by atoms with van der Waals surface area (Å²) < 4.78 is 22.7. The van der Waals surface area contributed by atoms with Crippen molar-refractivity contribution in [3.8, 4) is 5.75 Å². The summed E-state index contributed by atoms with van der Waals surface area (Å²) in [5.41, 5.74) is -0.448. The van der Waals surface area contributed by atoms with Crippen LogP contribution in [0, 0.1) is 10.1 Å². The number of rotatable bonds is 5. The number of benzene rings is 1. The summed E-state index contributed by atoms with van der Waals surface area (Å²) in [7, 11) is 0. The number of nitro groups is 1. The second kappa shape index (κ2) is 6.29. The molecule has 0 aliphatic heterocycles. The molecule has 0 radical (unpaired) electrons. The number of esters is 1. The van der Waals surface area contributed by atoms with E-state index in [4.69, 9.17) is 0 Å². The number of nitro benzene ring substituents is 1. The van der Waals surface area contributed by atoms with Gasteiger partial charge in [-0.25, -0.2) is 4.79 Å². The maximum atomic E-state index is 13.3. The van der Waals surface area contributed by atoms with Gasteiger partial charge in [0.15, 0.2) is 0 Å². The first-order chi connectivity index (χ1) is 8.45. The van der Waals surface area contributed by atoms with Crippen molar-refractivity contribution in [1.82, 2.24) is 0 Å². The first kappa shape index (κ1) is 14.4. The van der Waals surface area contributed by atoms with Gasteiger partial charge in [0.25, 0.3) is 0 Å². The Morgan fingerprint density at radius 2 is 2.28 bits per heavy atom. The minimum absolute atomic E-state index is 0.00888. The Labute approximate surface area is 110 Å². The molecule has 0 aliphatic rings. The number of carbonyl (C=O) groups is 1. The van der Waals surface area contributed by atoms with Gasteiger partial charge in [-0.2, -0.15) is 4.39 Å². The van der Waals surface area contributed by atoms with Crippen LogP contribution in [0.1, 0.15) is 6.92 Å². The molecule has 1 aromatic carbocycles. The lowest BCUT2D eigenvalue weighted by atomic mass is 10.3. The zero-order chi connectivity index (χ0) is 13.7. The van der Waals surface area contributed by atoms with Crippen LogP contribution < -0.4 is 4.74 Å². The summed E-state index contributed by atoms with van der Waals surface area (Å²) in [5, 5.41) is 10.7. The van der Waals surface area contributed by atoms with Crippen molar-refractivity contribution in [2.24, 2.45) is 0 Å². The van der Waals surface area contributed by atoms with E-state index in [1.54, 1.807) is 0 Å². The summed E-state index contributed by atoms with van der Waals surface area (Å²) in [5.74, 6) is -1.57. The van der Waals surface area contributed by atoms with Crippen LogP contribution in [0.2, 0.25) is 0 Å². The van der Waals surface area contributed by atoms with Crippen LogP contribution in [0.25, 0.3) is 0 Å². The van der Waals surface area contributed by atoms with E-state index in [2.05, 4.69) is 25.4 Å². The molecule has 1 atom stereocenters. The van der Waals surface area contributed by atoms with Crippen LogP contribution in [0.3, 0.4) is 0 Å². The first-order valence-corrected chi connectivity index (χ1v) is 5.66. The van der Waals surface area contributed by atoms with Crippen LogP contribution in [0.15, 0.2) is 22.7 Å². The van der Waals surface area contributed by atoms with E-state index in [-0.39, 0.29) is 12.4 Å². The van der Waals surface area contributed by atoms with E-state index in [1.807, 2.05) is 0 Å². The molecular formula is C10H9BrFNO5. The first-order valence-electron chi connectivity index (χ1n) is 4.87. The molecule has 0 bridgehead atoms. The van der Waals surface area contributed by atoms with Gasteiger partial charge in [0.2, 0.25) is 5.75 Å². The van der Waals surface area contributed by atoms with Crippen molar-refractivity contribution < 1.29 is 23.6 Å². The molecule has 0 N–H and O–H groups in total. The Morgan fingerprint density at radius 3 is 2.83 bits per heavy atom. The second-order valence-electron chi connectivity index (χ2n) is 3.06. The molecule has 8 heteroatoms. The van der Waals surface area contributed by atoms with Gasteiger partial charge in [0, 0.05) is 10.5 Å². The van der Waals surface area contributed by atoms with E-state index in [1.165, 1.54) is 19.1 Å². The molecule has 0 fully saturated rings. The zero-order valence-corrected chi connectivity index (χ0v) is 10.8. The minimum Gasteiger partial charge on any atom is -0.461 e. The molecule has 1 rings (SSSR count). The summed E-state index contributed by atoms with van der Waals surface area (Å²) in [6, 6.07) is 3.77. The van der Waals surface area contributed by atoms with E-state index in [0.29, 0.717) is 4.47 Å². The van der Waals surface area contributed by atoms with E-state index >= 15 is 0 Å². The highest BCUT2D eigenvalue weighted by atomic mass is 79.9. The van der Waals surface area contributed by atoms with Crippen molar-refractivity contribution in [2.45, 2.75) is 13.3 Å². The van der Waals surface area contributed by atoms with Gasteiger partial charge in [0.1, 0.15) is 0 Å². The quantitative estimate of drug-likeness (QED) is 0.473. The molecule has 18 heavy (non-hydrogen) atoms. The molecular weight excluding hydrogens is 313 g/mol. The molecule has 0 aromatic heterocycles. The van der Waals surface area contributed by atoms with Crippen LogP contribution in [0.4, 0.5) is 10.1 Å². The van der Waals surface area contributed by atoms with Crippen molar-refractivity contribution in [2.75, 3.05) is 6.61 Å². The number of halogens is 2. The summed E-state index contributed by atoms with van der Waals surface area (Å²) in [4.78, 5) is 21.0. The Balaban J connectivity index is 2.90. The number of hydrogen-bond donors (Lipinski definition) is 0. The summed E-state index contributed by atoms with van der Waals surface area (Å²) in [6.07, 6.45) is -2.40. The topological polar surface area (TPSA) is 78.7 Å². The molecule has 0 heterocycles. The molecule has 1 unspecified atom stereocenters. The standard InChI is InChI=1S/C10H9BrFNO5/c1-2-17-10(14)9(12)18-8-4-3-6(11)5-7(8)13(15)16/h3-5,9H,2H2,1H3. The molecule has 0 amide bonds. The maximum Gasteiger partial charge on any atom is 0.381 e. The van der Waals surface area contributed by atoms with Crippen LogP contribution in [0.5, 0.6) is 5.75 Å². The van der Waals surface area contributed by atoms with Gasteiger partial charge in [-0.1, -0.05) is 15.9 Å². The second-order valence-corrected chi connectivity index (χ2v) is 3.97. The Hall–Kier alpha value is -1.70. The van der Waals surface area contributed by atoms with Crippen LogP contribution in [-0.4, -0.2) is 23.9 Å². The van der Waals surface area contributed by atoms with Gasteiger partial charge >= 0.3 is 18.0 Å². The number of carbonyl (C=O) groups excluding carboxylic acids is 1. The number of alkyl halides is 1. The molecule has 6 nitrogen and oxygen atoms in total. The summed E-state index contributed by atoms with van der Waals surface area (Å²) >= 11 is 3.04. The van der Waals surface area contributed by atoms with E-state index in [9.17, 15) is 19.3 Å². The fourth-order valence-corrected chi connectivity index (χ4v) is 1.45. The highest BCUT2D eigenvalue weighted by molar-refractivity contribution is 9.10. The number of hydrogen-bond acceptors (Lipinski definition) is 5. The fraction of sp³-hybridized carbons (Fsp3) is 0.300. The lowest BCUT2D eigenvalue weighted by Gasteiger charge is -2.10. The minimum atomic E-state index is -2.40. The number of ether oxygens (including phenoxy) is 2. The molecule has 0 saturated carbocycles. The fourth-order valence-electron chi connectivity index (χ4n) is 1.10. The van der Waals surface area contributed by atoms with Crippen molar-refractivity contribution in [3.05, 3.63) is 32.8 Å². The highest BCUT2D eigenvalue weighted by Crippen LogP contribution is 2.31. The Kier molecular flexibility index (Phi) is 5.02. The van der Waals surface area contributed by atoms with Gasteiger partial charge in [-0.15, -0.1) is 0 Å². The highest BCUT2D eigenvalue weighted by Gasteiger charge is 2.25. The van der Waals surface area contributed by atoms with E-state index < -0.39 is 22.9 Å². The van der Waals surface area contributed by atoms with Gasteiger partial charge in [-0.3, -0.25) is 10.1 Å². The molecule has 98 valence electrons. The monoisotopic (exact) mass is 321 g/mol.